The molecule has 0 aromatic heterocycles. The Morgan fingerprint density at radius 3 is 1.85 bits per heavy atom. The van der Waals surface area contributed by atoms with Gasteiger partial charge in [-0.1, -0.05) is 39.5 Å². The minimum atomic E-state index is 0.341. The summed E-state index contributed by atoms with van der Waals surface area (Å²) in [6.07, 6.45) is 9.14. The molecule has 0 aliphatic heterocycles. The van der Waals surface area contributed by atoms with Crippen LogP contribution in [0.25, 0.3) is 0 Å². The van der Waals surface area contributed by atoms with Crippen LogP contribution in [0.5, 0.6) is 0 Å². The summed E-state index contributed by atoms with van der Waals surface area (Å²) in [7, 11) is 1.93. The van der Waals surface area contributed by atoms with E-state index in [1.807, 2.05) is 7.11 Å². The lowest BCUT2D eigenvalue weighted by Gasteiger charge is -2.53. The molecule has 0 spiro atoms. The Labute approximate surface area is 125 Å². The number of ether oxygens (including phenoxy) is 2. The van der Waals surface area contributed by atoms with Crippen molar-refractivity contribution in [3.8, 4) is 0 Å². The number of rotatable bonds is 5. The van der Waals surface area contributed by atoms with E-state index in [2.05, 4.69) is 27.7 Å². The molecule has 0 saturated heterocycles. The van der Waals surface area contributed by atoms with E-state index >= 15 is 0 Å². The van der Waals surface area contributed by atoms with Gasteiger partial charge in [-0.15, -0.1) is 0 Å². The van der Waals surface area contributed by atoms with Crippen LogP contribution in [0, 0.1) is 23.7 Å². The van der Waals surface area contributed by atoms with Gasteiger partial charge >= 0.3 is 0 Å². The molecule has 2 heteroatoms. The summed E-state index contributed by atoms with van der Waals surface area (Å²) >= 11 is 0. The van der Waals surface area contributed by atoms with E-state index in [1.54, 1.807) is 0 Å². The van der Waals surface area contributed by atoms with Gasteiger partial charge in [0.25, 0.3) is 0 Å². The number of methoxy groups -OCH3 is 1. The second-order valence-electron chi connectivity index (χ2n) is 7.11. The average molecular weight is 282 g/mol. The van der Waals surface area contributed by atoms with Crippen molar-refractivity contribution in [2.75, 3.05) is 7.11 Å². The maximum atomic E-state index is 6.43. The standard InChI is InChI=1S/C18H34O2/c1-6-13-14(7-2)18(20-12(3)4)16-11-9-8-10-15(16)17(13)19-5/h12-18H,6-11H2,1-5H3. The van der Waals surface area contributed by atoms with Crippen molar-refractivity contribution < 1.29 is 9.47 Å². The van der Waals surface area contributed by atoms with Crippen LogP contribution >= 0.6 is 0 Å². The van der Waals surface area contributed by atoms with E-state index in [9.17, 15) is 0 Å². The molecule has 0 amide bonds. The summed E-state index contributed by atoms with van der Waals surface area (Å²) in [5.41, 5.74) is 0. The maximum absolute atomic E-state index is 6.43. The predicted octanol–water partition coefficient (Wildman–Crippen LogP) is 4.67. The van der Waals surface area contributed by atoms with Crippen molar-refractivity contribution in [3.05, 3.63) is 0 Å². The van der Waals surface area contributed by atoms with E-state index in [0.717, 1.165) is 11.8 Å². The second kappa shape index (κ2) is 7.26. The van der Waals surface area contributed by atoms with Gasteiger partial charge in [0.2, 0.25) is 0 Å². The topological polar surface area (TPSA) is 18.5 Å². The molecular formula is C18H34O2. The van der Waals surface area contributed by atoms with Crippen LogP contribution in [0.15, 0.2) is 0 Å². The van der Waals surface area contributed by atoms with Gasteiger partial charge in [-0.2, -0.15) is 0 Å². The first kappa shape index (κ1) is 16.3. The SMILES string of the molecule is CCC1C(CC)C(OC(C)C)C2CCCCC2C1OC. The minimum absolute atomic E-state index is 0.341. The minimum Gasteiger partial charge on any atom is -0.381 e. The lowest BCUT2D eigenvalue weighted by molar-refractivity contribution is -0.176. The predicted molar refractivity (Wildman–Crippen MR) is 83.8 cm³/mol. The summed E-state index contributed by atoms with van der Waals surface area (Å²) < 4.78 is 12.4. The van der Waals surface area contributed by atoms with E-state index < -0.39 is 0 Å². The third-order valence-corrected chi connectivity index (χ3v) is 5.76. The number of hydrogen-bond donors (Lipinski definition) is 0. The second-order valence-corrected chi connectivity index (χ2v) is 7.11. The summed E-state index contributed by atoms with van der Waals surface area (Å²) in [4.78, 5) is 0. The zero-order valence-electron chi connectivity index (χ0n) is 14.1. The fraction of sp³-hybridized carbons (Fsp3) is 1.00. The van der Waals surface area contributed by atoms with Crippen molar-refractivity contribution in [2.24, 2.45) is 23.7 Å². The molecule has 2 nitrogen and oxygen atoms in total. The Hall–Kier alpha value is -0.0800. The molecule has 118 valence electrons. The molecule has 0 bridgehead atoms. The van der Waals surface area contributed by atoms with Crippen molar-refractivity contribution in [2.45, 2.75) is 84.5 Å². The van der Waals surface area contributed by atoms with E-state index in [-0.39, 0.29) is 0 Å². The van der Waals surface area contributed by atoms with Gasteiger partial charge in [-0.05, 0) is 50.4 Å². The van der Waals surface area contributed by atoms with E-state index in [4.69, 9.17) is 9.47 Å². The molecule has 2 rings (SSSR count). The molecule has 2 aliphatic carbocycles. The lowest BCUT2D eigenvalue weighted by Crippen LogP contribution is -2.55. The normalized spacial score (nSPS) is 41.7. The largest absolute Gasteiger partial charge is 0.381 e. The number of hydrogen-bond acceptors (Lipinski definition) is 2. The van der Waals surface area contributed by atoms with E-state index in [1.165, 1.54) is 38.5 Å². The van der Waals surface area contributed by atoms with Crippen molar-refractivity contribution in [1.82, 2.24) is 0 Å². The molecular weight excluding hydrogens is 248 g/mol. The zero-order chi connectivity index (χ0) is 14.7. The van der Waals surface area contributed by atoms with Gasteiger partial charge in [0.1, 0.15) is 0 Å². The van der Waals surface area contributed by atoms with Crippen LogP contribution in [0.1, 0.15) is 66.2 Å². The summed E-state index contributed by atoms with van der Waals surface area (Å²) in [6, 6.07) is 0. The Morgan fingerprint density at radius 2 is 1.40 bits per heavy atom. The van der Waals surface area contributed by atoms with Gasteiger partial charge in [-0.3, -0.25) is 0 Å². The van der Waals surface area contributed by atoms with Crippen LogP contribution in [0.3, 0.4) is 0 Å². The van der Waals surface area contributed by atoms with Gasteiger partial charge < -0.3 is 9.47 Å². The molecule has 0 radical (unpaired) electrons. The van der Waals surface area contributed by atoms with Gasteiger partial charge in [0.15, 0.2) is 0 Å². The fourth-order valence-electron chi connectivity index (χ4n) is 5.06. The highest BCUT2D eigenvalue weighted by Gasteiger charge is 2.50. The molecule has 0 N–H and O–H groups in total. The van der Waals surface area contributed by atoms with Crippen molar-refractivity contribution in [1.29, 1.82) is 0 Å². The molecule has 6 unspecified atom stereocenters. The highest BCUT2D eigenvalue weighted by atomic mass is 16.5. The molecule has 0 aromatic carbocycles. The number of fused-ring (bicyclic) bond motifs is 1. The van der Waals surface area contributed by atoms with Crippen LogP contribution in [-0.2, 0) is 9.47 Å². The van der Waals surface area contributed by atoms with Crippen molar-refractivity contribution in [3.63, 3.8) is 0 Å². The van der Waals surface area contributed by atoms with Gasteiger partial charge in [0.05, 0.1) is 18.3 Å². The van der Waals surface area contributed by atoms with Crippen molar-refractivity contribution >= 4 is 0 Å². The summed E-state index contributed by atoms with van der Waals surface area (Å²) in [5, 5.41) is 0. The van der Waals surface area contributed by atoms with Crippen LogP contribution in [0.4, 0.5) is 0 Å². The quantitative estimate of drug-likeness (QED) is 0.729. The Balaban J connectivity index is 2.27. The zero-order valence-corrected chi connectivity index (χ0v) is 14.1. The van der Waals surface area contributed by atoms with Crippen LogP contribution < -0.4 is 0 Å². The highest BCUT2D eigenvalue weighted by Crippen LogP contribution is 2.50. The third kappa shape index (κ3) is 3.06. The average Bonchev–Trinajstić information content (AvgIpc) is 2.46. The van der Waals surface area contributed by atoms with E-state index in [0.29, 0.717) is 30.1 Å². The molecule has 2 fully saturated rings. The van der Waals surface area contributed by atoms with Crippen LogP contribution in [0.2, 0.25) is 0 Å². The smallest absolute Gasteiger partial charge is 0.0642 e. The van der Waals surface area contributed by atoms with Gasteiger partial charge in [0, 0.05) is 7.11 Å². The molecule has 0 aromatic rings. The molecule has 0 heterocycles. The molecule has 2 saturated carbocycles. The van der Waals surface area contributed by atoms with Crippen LogP contribution in [-0.4, -0.2) is 25.4 Å². The summed E-state index contributed by atoms with van der Waals surface area (Å²) in [5.74, 6) is 2.80. The Morgan fingerprint density at radius 1 is 0.900 bits per heavy atom. The molecule has 6 atom stereocenters. The summed E-state index contributed by atoms with van der Waals surface area (Å²) in [6.45, 7) is 9.04. The molecule has 20 heavy (non-hydrogen) atoms. The highest BCUT2D eigenvalue weighted by molar-refractivity contribution is 4.99. The fourth-order valence-corrected chi connectivity index (χ4v) is 5.06. The first-order valence-electron chi connectivity index (χ1n) is 8.82. The van der Waals surface area contributed by atoms with Gasteiger partial charge in [-0.25, -0.2) is 0 Å². The molecule has 2 aliphatic rings. The first-order chi connectivity index (χ1) is 9.63. The lowest BCUT2D eigenvalue weighted by atomic mass is 9.59. The Kier molecular flexibility index (Phi) is 5.92. The maximum Gasteiger partial charge on any atom is 0.0642 e. The third-order valence-electron chi connectivity index (χ3n) is 5.76. The monoisotopic (exact) mass is 282 g/mol. The Bertz CT molecular complexity index is 281. The first-order valence-corrected chi connectivity index (χ1v) is 8.82.